The highest BCUT2D eigenvalue weighted by Gasteiger charge is 2.29. The molecule has 0 aliphatic carbocycles. The van der Waals surface area contributed by atoms with E-state index in [0.717, 1.165) is 0 Å². The van der Waals surface area contributed by atoms with Crippen LogP contribution in [0.4, 0.5) is 0 Å². The molecule has 0 spiro atoms. The Kier molecular flexibility index (Phi) is 1.98. The lowest BCUT2D eigenvalue weighted by Crippen LogP contribution is -2.40. The molecule has 10 heavy (non-hydrogen) atoms. The lowest BCUT2D eigenvalue weighted by molar-refractivity contribution is 0.0275. The molecule has 0 saturated carbocycles. The Labute approximate surface area is 59.4 Å². The smallest absolute Gasteiger partial charge is 0.153 e. The van der Waals surface area contributed by atoms with Crippen molar-refractivity contribution in [3.8, 4) is 0 Å². The fraction of sp³-hybridized carbons (Fsp3) is 1.00. The molecular formula is C5H10O4S. The number of sulfone groups is 1. The van der Waals surface area contributed by atoms with Crippen LogP contribution in [0.5, 0.6) is 0 Å². The maximum Gasteiger partial charge on any atom is 0.153 e. The van der Waals surface area contributed by atoms with E-state index in [1.54, 1.807) is 0 Å². The summed E-state index contributed by atoms with van der Waals surface area (Å²) in [7, 11) is -3.07. The highest BCUT2D eigenvalue weighted by atomic mass is 32.2. The molecule has 60 valence electrons. The summed E-state index contributed by atoms with van der Waals surface area (Å²) in [5.74, 6) is -0.306. The number of aliphatic hydroxyl groups excluding tert-OH is 2. The molecule has 1 rings (SSSR count). The summed E-state index contributed by atoms with van der Waals surface area (Å²) < 4.78 is 21.5. The van der Waals surface area contributed by atoms with Gasteiger partial charge in [0.2, 0.25) is 0 Å². The van der Waals surface area contributed by atoms with Crippen molar-refractivity contribution in [1.29, 1.82) is 0 Å². The average Bonchev–Trinajstić information content (AvgIpc) is 1.79. The maximum absolute atomic E-state index is 10.7. The van der Waals surface area contributed by atoms with Crippen LogP contribution in [0.2, 0.25) is 0 Å². The van der Waals surface area contributed by atoms with E-state index in [4.69, 9.17) is 10.2 Å². The molecule has 0 bridgehead atoms. The zero-order valence-corrected chi connectivity index (χ0v) is 6.21. The maximum atomic E-state index is 10.7. The first-order valence-electron chi connectivity index (χ1n) is 3.08. The van der Waals surface area contributed by atoms with E-state index >= 15 is 0 Å². The molecule has 2 unspecified atom stereocenters. The van der Waals surface area contributed by atoms with Gasteiger partial charge in [0.15, 0.2) is 9.84 Å². The van der Waals surface area contributed by atoms with Gasteiger partial charge in [-0.15, -0.1) is 0 Å². The molecule has 0 amide bonds. The van der Waals surface area contributed by atoms with Gasteiger partial charge in [-0.25, -0.2) is 8.42 Å². The predicted octanol–water partition coefficient (Wildman–Crippen LogP) is -1.47. The van der Waals surface area contributed by atoms with Crippen molar-refractivity contribution in [1.82, 2.24) is 0 Å². The second-order valence-electron chi connectivity index (χ2n) is 2.54. The number of hydrogen-bond acceptors (Lipinski definition) is 4. The molecule has 1 aliphatic rings. The van der Waals surface area contributed by atoms with Crippen LogP contribution in [0.1, 0.15) is 6.42 Å². The molecule has 4 nitrogen and oxygen atoms in total. The van der Waals surface area contributed by atoms with E-state index in [2.05, 4.69) is 0 Å². The Bertz CT molecular complexity index is 208. The van der Waals surface area contributed by atoms with E-state index in [1.165, 1.54) is 0 Å². The van der Waals surface area contributed by atoms with Crippen LogP contribution in [0.15, 0.2) is 0 Å². The minimum Gasteiger partial charge on any atom is -0.390 e. The van der Waals surface area contributed by atoms with Crippen molar-refractivity contribution in [3.63, 3.8) is 0 Å². The monoisotopic (exact) mass is 166 g/mol. The van der Waals surface area contributed by atoms with Gasteiger partial charge in [-0.2, -0.15) is 0 Å². The second-order valence-corrected chi connectivity index (χ2v) is 4.77. The van der Waals surface area contributed by atoms with Crippen molar-refractivity contribution in [2.24, 2.45) is 0 Å². The summed E-state index contributed by atoms with van der Waals surface area (Å²) in [4.78, 5) is 0. The first kappa shape index (κ1) is 7.97. The number of rotatable bonds is 0. The minimum absolute atomic E-state index is 0.00870. The molecule has 0 aromatic carbocycles. The van der Waals surface area contributed by atoms with Crippen molar-refractivity contribution < 1.29 is 18.6 Å². The van der Waals surface area contributed by atoms with E-state index in [1.807, 2.05) is 0 Å². The molecule has 1 aliphatic heterocycles. The topological polar surface area (TPSA) is 74.6 Å². The molecule has 1 heterocycles. The molecule has 1 saturated heterocycles. The first-order chi connectivity index (χ1) is 4.51. The highest BCUT2D eigenvalue weighted by Crippen LogP contribution is 2.12. The third-order valence-electron chi connectivity index (χ3n) is 1.59. The fourth-order valence-electron chi connectivity index (χ4n) is 0.947. The molecule has 1 fully saturated rings. The Morgan fingerprint density at radius 3 is 2.20 bits per heavy atom. The molecule has 0 aromatic rings. The standard InChI is InChI=1S/C5H10O4S/c6-4-1-2-10(8,9)3-5(4)7/h4-7H,1-3H2. The van der Waals surface area contributed by atoms with Crippen molar-refractivity contribution >= 4 is 9.84 Å². The fourth-order valence-corrected chi connectivity index (χ4v) is 2.46. The Balaban J connectivity index is 2.66. The van der Waals surface area contributed by atoms with Gasteiger partial charge in [-0.05, 0) is 6.42 Å². The van der Waals surface area contributed by atoms with Crippen LogP contribution in [-0.4, -0.2) is 42.3 Å². The van der Waals surface area contributed by atoms with Crippen LogP contribution in [0.25, 0.3) is 0 Å². The number of aliphatic hydroxyl groups is 2. The third-order valence-corrected chi connectivity index (χ3v) is 3.30. The van der Waals surface area contributed by atoms with Crippen LogP contribution in [-0.2, 0) is 9.84 Å². The van der Waals surface area contributed by atoms with Gasteiger partial charge in [0.1, 0.15) is 0 Å². The number of hydrogen-bond donors (Lipinski definition) is 2. The normalized spacial score (nSPS) is 39.4. The molecule has 5 heteroatoms. The lowest BCUT2D eigenvalue weighted by atomic mass is 10.2. The molecule has 2 N–H and O–H groups in total. The van der Waals surface area contributed by atoms with Gasteiger partial charge in [0.05, 0.1) is 23.7 Å². The van der Waals surface area contributed by atoms with E-state index < -0.39 is 22.0 Å². The van der Waals surface area contributed by atoms with Crippen LogP contribution in [0.3, 0.4) is 0 Å². The van der Waals surface area contributed by atoms with E-state index in [-0.39, 0.29) is 17.9 Å². The summed E-state index contributed by atoms with van der Waals surface area (Å²) in [5.41, 5.74) is 0. The average molecular weight is 166 g/mol. The second kappa shape index (κ2) is 2.48. The van der Waals surface area contributed by atoms with E-state index in [0.29, 0.717) is 0 Å². The summed E-state index contributed by atoms with van der Waals surface area (Å²) in [6.07, 6.45) is -1.79. The Morgan fingerprint density at radius 1 is 1.20 bits per heavy atom. The van der Waals surface area contributed by atoms with Gasteiger partial charge in [0.25, 0.3) is 0 Å². The van der Waals surface area contributed by atoms with Crippen molar-refractivity contribution in [2.75, 3.05) is 11.5 Å². The predicted molar refractivity (Wildman–Crippen MR) is 35.3 cm³/mol. The SMILES string of the molecule is O=S1(=O)CCC(O)C(O)C1. The van der Waals surface area contributed by atoms with Gasteiger partial charge in [0, 0.05) is 0 Å². The lowest BCUT2D eigenvalue weighted by Gasteiger charge is -2.22. The zero-order valence-electron chi connectivity index (χ0n) is 5.40. The summed E-state index contributed by atoms with van der Waals surface area (Å²) >= 11 is 0. The third kappa shape index (κ3) is 1.68. The van der Waals surface area contributed by atoms with Gasteiger partial charge < -0.3 is 10.2 Å². The minimum atomic E-state index is -3.07. The molecule has 0 radical (unpaired) electrons. The zero-order chi connectivity index (χ0) is 7.78. The molecule has 0 aromatic heterocycles. The van der Waals surface area contributed by atoms with Gasteiger partial charge >= 0.3 is 0 Å². The Hall–Kier alpha value is -0.130. The van der Waals surface area contributed by atoms with Gasteiger partial charge in [-0.1, -0.05) is 0 Å². The first-order valence-corrected chi connectivity index (χ1v) is 4.90. The highest BCUT2D eigenvalue weighted by molar-refractivity contribution is 7.91. The molecule has 2 atom stereocenters. The van der Waals surface area contributed by atoms with Crippen LogP contribution < -0.4 is 0 Å². The van der Waals surface area contributed by atoms with Crippen LogP contribution >= 0.6 is 0 Å². The van der Waals surface area contributed by atoms with Crippen LogP contribution in [0, 0.1) is 0 Å². The quantitative estimate of drug-likeness (QED) is 0.460. The summed E-state index contributed by atoms with van der Waals surface area (Å²) in [6.45, 7) is 0. The molecular weight excluding hydrogens is 156 g/mol. The van der Waals surface area contributed by atoms with Crippen molar-refractivity contribution in [2.45, 2.75) is 18.6 Å². The van der Waals surface area contributed by atoms with Gasteiger partial charge in [-0.3, -0.25) is 0 Å². The van der Waals surface area contributed by atoms with Crippen molar-refractivity contribution in [3.05, 3.63) is 0 Å². The Morgan fingerprint density at radius 2 is 1.80 bits per heavy atom. The van der Waals surface area contributed by atoms with E-state index in [9.17, 15) is 8.42 Å². The summed E-state index contributed by atoms with van der Waals surface area (Å²) in [6, 6.07) is 0. The summed E-state index contributed by atoms with van der Waals surface area (Å²) in [5, 5.41) is 17.8. The largest absolute Gasteiger partial charge is 0.390 e.